The van der Waals surface area contributed by atoms with E-state index in [1.807, 2.05) is 4.90 Å². The predicted molar refractivity (Wildman–Crippen MR) is 69.2 cm³/mol. The lowest BCUT2D eigenvalue weighted by Gasteiger charge is -2.24. The summed E-state index contributed by atoms with van der Waals surface area (Å²) >= 11 is 0. The summed E-state index contributed by atoms with van der Waals surface area (Å²) in [6.07, 6.45) is 2.72. The van der Waals surface area contributed by atoms with E-state index >= 15 is 0 Å². The van der Waals surface area contributed by atoms with E-state index in [4.69, 9.17) is 10.5 Å². The van der Waals surface area contributed by atoms with Crippen LogP contribution in [0.3, 0.4) is 0 Å². The van der Waals surface area contributed by atoms with Gasteiger partial charge in [-0.3, -0.25) is 4.79 Å². The van der Waals surface area contributed by atoms with E-state index in [1.54, 1.807) is 0 Å². The van der Waals surface area contributed by atoms with Crippen molar-refractivity contribution < 1.29 is 9.53 Å². The van der Waals surface area contributed by atoms with Crippen molar-refractivity contribution in [1.29, 1.82) is 0 Å². The molecule has 0 spiro atoms. The molecule has 2 aliphatic heterocycles. The second kappa shape index (κ2) is 6.03. The van der Waals surface area contributed by atoms with E-state index in [0.29, 0.717) is 18.5 Å². The number of likely N-dealkylation sites (tertiary alicyclic amines) is 1. The number of ether oxygens (including phenoxy) is 1. The Bertz CT molecular complexity index is 275. The minimum atomic E-state index is -0.235. The molecule has 4 atom stereocenters. The monoisotopic (exact) mass is 262 g/mol. The number of nitrogens with two attached hydrogens (primary N) is 1. The summed E-state index contributed by atoms with van der Waals surface area (Å²) < 4.78 is 5.65. The Morgan fingerprint density at radius 3 is 2.59 bits per heavy atom. The third-order valence-corrected chi connectivity index (χ3v) is 3.71. The van der Waals surface area contributed by atoms with Crippen molar-refractivity contribution in [1.82, 2.24) is 4.90 Å². The third-order valence-electron chi connectivity index (χ3n) is 3.71. The molecule has 2 N–H and O–H groups in total. The third kappa shape index (κ3) is 3.12. The maximum absolute atomic E-state index is 12.2. The highest BCUT2D eigenvalue weighted by Crippen LogP contribution is 2.27. The van der Waals surface area contributed by atoms with E-state index in [-0.39, 0.29) is 30.5 Å². The van der Waals surface area contributed by atoms with E-state index in [0.717, 1.165) is 25.8 Å². The lowest BCUT2D eigenvalue weighted by Crippen LogP contribution is -2.41. The molecule has 2 heterocycles. The largest absolute Gasteiger partial charge is 0.364 e. The molecule has 2 saturated heterocycles. The molecule has 4 nitrogen and oxygen atoms in total. The molecule has 5 heteroatoms. The molecule has 1 amide bonds. The second-order valence-corrected chi connectivity index (χ2v) is 5.24. The van der Waals surface area contributed by atoms with Crippen molar-refractivity contribution in [2.45, 2.75) is 51.4 Å². The van der Waals surface area contributed by atoms with Gasteiger partial charge in [0.2, 0.25) is 0 Å². The Morgan fingerprint density at radius 1 is 1.41 bits per heavy atom. The molecule has 0 bridgehead atoms. The standard InChI is InChI=1S/C12H22N2O2.ClH/c1-8-5-9(2)14(7-8)12(15)11-4-3-10(6-13)16-11;/h8-11H,3-7,13H2,1-2H3;1H/t8?,9?,10-,11+;/m1./s1. The lowest BCUT2D eigenvalue weighted by atomic mass is 10.1. The molecule has 0 radical (unpaired) electrons. The zero-order valence-electron chi connectivity index (χ0n) is 10.6. The Labute approximate surface area is 109 Å². The van der Waals surface area contributed by atoms with Crippen molar-refractivity contribution >= 4 is 18.3 Å². The maximum Gasteiger partial charge on any atom is 0.251 e. The number of amides is 1. The Kier molecular flexibility index (Phi) is 5.22. The molecule has 0 aromatic heterocycles. The normalized spacial score (nSPS) is 37.0. The number of rotatable bonds is 2. The number of halogens is 1. The van der Waals surface area contributed by atoms with Crippen LogP contribution in [-0.2, 0) is 9.53 Å². The smallest absolute Gasteiger partial charge is 0.251 e. The molecule has 0 aromatic rings. The number of hydrogen-bond acceptors (Lipinski definition) is 3. The first kappa shape index (κ1) is 14.7. The van der Waals surface area contributed by atoms with Crippen LogP contribution in [0, 0.1) is 5.92 Å². The van der Waals surface area contributed by atoms with Gasteiger partial charge in [-0.15, -0.1) is 12.4 Å². The fourth-order valence-corrected chi connectivity index (χ4v) is 2.85. The number of carbonyl (C=O) groups excluding carboxylic acids is 1. The van der Waals surface area contributed by atoms with Crippen molar-refractivity contribution in [3.63, 3.8) is 0 Å². The van der Waals surface area contributed by atoms with Gasteiger partial charge in [-0.25, -0.2) is 0 Å². The minimum absolute atomic E-state index is 0. The van der Waals surface area contributed by atoms with Crippen LogP contribution >= 0.6 is 12.4 Å². The molecule has 2 fully saturated rings. The van der Waals surface area contributed by atoms with Gasteiger partial charge in [0.1, 0.15) is 6.10 Å². The number of nitrogens with zero attached hydrogens (tertiary/aromatic N) is 1. The Morgan fingerprint density at radius 2 is 2.12 bits per heavy atom. The van der Waals surface area contributed by atoms with Gasteiger partial charge in [-0.05, 0) is 32.1 Å². The minimum Gasteiger partial charge on any atom is -0.364 e. The van der Waals surface area contributed by atoms with Crippen LogP contribution in [-0.4, -0.2) is 42.1 Å². The van der Waals surface area contributed by atoms with Gasteiger partial charge >= 0.3 is 0 Å². The van der Waals surface area contributed by atoms with Crippen molar-refractivity contribution in [3.8, 4) is 0 Å². The van der Waals surface area contributed by atoms with Gasteiger partial charge in [0.15, 0.2) is 0 Å². The number of carbonyl (C=O) groups is 1. The highest BCUT2D eigenvalue weighted by molar-refractivity contribution is 5.85. The quantitative estimate of drug-likeness (QED) is 0.813. The molecule has 0 aliphatic carbocycles. The molecule has 2 rings (SSSR count). The van der Waals surface area contributed by atoms with Gasteiger partial charge in [-0.1, -0.05) is 6.92 Å². The lowest BCUT2D eigenvalue weighted by molar-refractivity contribution is -0.143. The summed E-state index contributed by atoms with van der Waals surface area (Å²) in [5.74, 6) is 0.790. The molecule has 0 saturated carbocycles. The predicted octanol–water partition coefficient (Wildman–Crippen LogP) is 1.17. The SMILES string of the molecule is CC1CC(C)N(C(=O)[C@@H]2CC[C@H](CN)O2)C1.Cl. The van der Waals surface area contributed by atoms with Crippen molar-refractivity contribution in [3.05, 3.63) is 0 Å². The van der Waals surface area contributed by atoms with Gasteiger partial charge in [-0.2, -0.15) is 0 Å². The van der Waals surface area contributed by atoms with E-state index in [2.05, 4.69) is 13.8 Å². The fraction of sp³-hybridized carbons (Fsp3) is 0.917. The van der Waals surface area contributed by atoms with Gasteiger partial charge in [0, 0.05) is 19.1 Å². The van der Waals surface area contributed by atoms with Crippen LogP contribution in [0.15, 0.2) is 0 Å². The van der Waals surface area contributed by atoms with Crippen molar-refractivity contribution in [2.24, 2.45) is 11.7 Å². The van der Waals surface area contributed by atoms with Gasteiger partial charge < -0.3 is 15.4 Å². The molecule has 2 unspecified atom stereocenters. The fourth-order valence-electron chi connectivity index (χ4n) is 2.85. The average Bonchev–Trinajstić information content (AvgIpc) is 2.84. The van der Waals surface area contributed by atoms with Crippen LogP contribution in [0.25, 0.3) is 0 Å². The first-order valence-corrected chi connectivity index (χ1v) is 6.27. The highest BCUT2D eigenvalue weighted by Gasteiger charge is 2.37. The first-order chi connectivity index (χ1) is 7.61. The van der Waals surface area contributed by atoms with Crippen LogP contribution in [0.4, 0.5) is 0 Å². The highest BCUT2D eigenvalue weighted by atomic mass is 35.5. The first-order valence-electron chi connectivity index (χ1n) is 6.27. The number of hydrogen-bond donors (Lipinski definition) is 1. The van der Waals surface area contributed by atoms with Gasteiger partial charge in [0.05, 0.1) is 6.10 Å². The molecular weight excluding hydrogens is 240 g/mol. The second-order valence-electron chi connectivity index (χ2n) is 5.24. The Balaban J connectivity index is 0.00000144. The van der Waals surface area contributed by atoms with Gasteiger partial charge in [0.25, 0.3) is 5.91 Å². The van der Waals surface area contributed by atoms with E-state index in [9.17, 15) is 4.79 Å². The van der Waals surface area contributed by atoms with E-state index < -0.39 is 0 Å². The summed E-state index contributed by atoms with van der Waals surface area (Å²) in [5.41, 5.74) is 5.55. The molecule has 17 heavy (non-hydrogen) atoms. The Hall–Kier alpha value is -0.320. The van der Waals surface area contributed by atoms with E-state index in [1.165, 1.54) is 0 Å². The molecular formula is C12H23ClN2O2. The van der Waals surface area contributed by atoms with Crippen LogP contribution in [0.5, 0.6) is 0 Å². The summed E-state index contributed by atoms with van der Waals surface area (Å²) in [6.45, 7) is 5.72. The average molecular weight is 263 g/mol. The molecule has 0 aromatic carbocycles. The van der Waals surface area contributed by atoms with Crippen LogP contribution in [0.2, 0.25) is 0 Å². The summed E-state index contributed by atoms with van der Waals surface area (Å²) in [7, 11) is 0. The maximum atomic E-state index is 12.2. The summed E-state index contributed by atoms with van der Waals surface area (Å²) in [4.78, 5) is 14.2. The topological polar surface area (TPSA) is 55.6 Å². The van der Waals surface area contributed by atoms with Crippen LogP contribution in [0.1, 0.15) is 33.1 Å². The zero-order chi connectivity index (χ0) is 11.7. The van der Waals surface area contributed by atoms with Crippen molar-refractivity contribution in [2.75, 3.05) is 13.1 Å². The zero-order valence-corrected chi connectivity index (χ0v) is 11.4. The molecule has 100 valence electrons. The molecule has 2 aliphatic rings. The van der Waals surface area contributed by atoms with Crippen LogP contribution < -0.4 is 5.73 Å². The summed E-state index contributed by atoms with van der Waals surface area (Å²) in [5, 5.41) is 0. The summed E-state index contributed by atoms with van der Waals surface area (Å²) in [6, 6.07) is 0.364.